The van der Waals surface area contributed by atoms with Crippen LogP contribution in [-0.4, -0.2) is 8.42 Å². The summed E-state index contributed by atoms with van der Waals surface area (Å²) >= 11 is 0. The van der Waals surface area contributed by atoms with E-state index >= 15 is 0 Å². The number of nitriles is 1. The summed E-state index contributed by atoms with van der Waals surface area (Å²) in [6.45, 7) is 4.02. The first-order valence-corrected chi connectivity index (χ1v) is 8.22. The molecule has 0 amide bonds. The highest BCUT2D eigenvalue weighted by Crippen LogP contribution is 2.22. The Labute approximate surface area is 130 Å². The molecule has 0 heterocycles. The maximum atomic E-state index is 11.2. The second-order valence-corrected chi connectivity index (χ2v) is 6.68. The normalized spacial score (nSPS) is 12.5. The van der Waals surface area contributed by atoms with Crippen LogP contribution >= 0.6 is 0 Å². The van der Waals surface area contributed by atoms with E-state index in [2.05, 4.69) is 11.4 Å². The van der Waals surface area contributed by atoms with Gasteiger partial charge in [0.15, 0.2) is 0 Å². The molecule has 0 aliphatic carbocycles. The van der Waals surface area contributed by atoms with E-state index in [1.54, 1.807) is 12.1 Å². The summed E-state index contributed by atoms with van der Waals surface area (Å²) in [6, 6.07) is 13.4. The molecule has 3 N–H and O–H groups in total. The van der Waals surface area contributed by atoms with E-state index in [0.717, 1.165) is 11.3 Å². The van der Waals surface area contributed by atoms with Crippen molar-refractivity contribution in [1.82, 2.24) is 0 Å². The standard InChI is InChI=1S/C16H17N3O2S/c1-11-3-6-14(9-12(11)2)19-16(10-17)13-4-7-15(8-5-13)22(18,20)21/h3-9,16,19H,1-2H3,(H2,18,20,21). The average Bonchev–Trinajstić information content (AvgIpc) is 2.47. The lowest BCUT2D eigenvalue weighted by Crippen LogP contribution is -2.13. The second-order valence-electron chi connectivity index (χ2n) is 5.12. The van der Waals surface area contributed by atoms with Crippen LogP contribution in [0, 0.1) is 25.2 Å². The summed E-state index contributed by atoms with van der Waals surface area (Å²) < 4.78 is 22.5. The van der Waals surface area contributed by atoms with E-state index in [0.29, 0.717) is 5.56 Å². The van der Waals surface area contributed by atoms with Gasteiger partial charge in [0, 0.05) is 5.69 Å². The molecule has 0 radical (unpaired) electrons. The number of nitrogens with zero attached hydrogens (tertiary/aromatic N) is 1. The molecule has 5 nitrogen and oxygen atoms in total. The number of nitrogens with one attached hydrogen (secondary N) is 1. The molecular formula is C16H17N3O2S. The Morgan fingerprint density at radius 3 is 2.23 bits per heavy atom. The first kappa shape index (κ1) is 16.0. The van der Waals surface area contributed by atoms with Crippen LogP contribution in [0.4, 0.5) is 5.69 Å². The molecule has 0 spiro atoms. The van der Waals surface area contributed by atoms with Gasteiger partial charge in [0.1, 0.15) is 6.04 Å². The number of primary sulfonamides is 1. The minimum absolute atomic E-state index is 0.0270. The van der Waals surface area contributed by atoms with Crippen molar-refractivity contribution in [2.75, 3.05) is 5.32 Å². The maximum Gasteiger partial charge on any atom is 0.238 e. The molecule has 0 aliphatic heterocycles. The molecular weight excluding hydrogens is 298 g/mol. The number of hydrogen-bond acceptors (Lipinski definition) is 4. The van der Waals surface area contributed by atoms with Crippen LogP contribution in [0.3, 0.4) is 0 Å². The van der Waals surface area contributed by atoms with Crippen LogP contribution in [0.5, 0.6) is 0 Å². The Kier molecular flexibility index (Phi) is 4.50. The lowest BCUT2D eigenvalue weighted by molar-refractivity contribution is 0.598. The summed E-state index contributed by atoms with van der Waals surface area (Å²) in [6.07, 6.45) is 0. The molecule has 2 aromatic carbocycles. The average molecular weight is 315 g/mol. The summed E-state index contributed by atoms with van der Waals surface area (Å²) in [5.74, 6) is 0. The highest BCUT2D eigenvalue weighted by molar-refractivity contribution is 7.89. The SMILES string of the molecule is Cc1ccc(NC(C#N)c2ccc(S(N)(=O)=O)cc2)cc1C. The van der Waals surface area contributed by atoms with E-state index in [4.69, 9.17) is 5.14 Å². The van der Waals surface area contributed by atoms with Gasteiger partial charge in [0.25, 0.3) is 0 Å². The van der Waals surface area contributed by atoms with Crippen LogP contribution in [-0.2, 0) is 10.0 Å². The van der Waals surface area contributed by atoms with Gasteiger partial charge in [-0.3, -0.25) is 0 Å². The van der Waals surface area contributed by atoms with Crippen molar-refractivity contribution in [2.24, 2.45) is 5.14 Å². The Morgan fingerprint density at radius 1 is 1.09 bits per heavy atom. The van der Waals surface area contributed by atoms with Crippen molar-refractivity contribution >= 4 is 15.7 Å². The first-order chi connectivity index (χ1) is 10.3. The number of benzene rings is 2. The molecule has 114 valence electrons. The molecule has 2 rings (SSSR count). The molecule has 1 unspecified atom stereocenters. The molecule has 0 bridgehead atoms. The van der Waals surface area contributed by atoms with Gasteiger partial charge in [-0.15, -0.1) is 0 Å². The third kappa shape index (κ3) is 3.64. The second kappa shape index (κ2) is 6.18. The Bertz CT molecular complexity index is 821. The lowest BCUT2D eigenvalue weighted by Gasteiger charge is -2.15. The Balaban J connectivity index is 2.25. The fourth-order valence-electron chi connectivity index (χ4n) is 2.04. The van der Waals surface area contributed by atoms with Crippen LogP contribution in [0.1, 0.15) is 22.7 Å². The van der Waals surface area contributed by atoms with Gasteiger partial charge in [0.2, 0.25) is 10.0 Å². The highest BCUT2D eigenvalue weighted by Gasteiger charge is 2.13. The molecule has 2 aromatic rings. The van der Waals surface area contributed by atoms with Crippen molar-refractivity contribution in [3.8, 4) is 6.07 Å². The topological polar surface area (TPSA) is 96.0 Å². The number of anilines is 1. The largest absolute Gasteiger partial charge is 0.366 e. The first-order valence-electron chi connectivity index (χ1n) is 6.67. The zero-order chi connectivity index (χ0) is 16.3. The van der Waals surface area contributed by atoms with Crippen molar-refractivity contribution < 1.29 is 8.42 Å². The third-order valence-corrected chi connectivity index (χ3v) is 4.42. The predicted octanol–water partition coefficient (Wildman–Crippen LogP) is 2.63. The number of sulfonamides is 1. The molecule has 0 saturated carbocycles. The summed E-state index contributed by atoms with van der Waals surface area (Å²) in [7, 11) is -3.72. The fourth-order valence-corrected chi connectivity index (χ4v) is 2.55. The van der Waals surface area contributed by atoms with E-state index in [9.17, 15) is 13.7 Å². The number of nitrogens with two attached hydrogens (primary N) is 1. The molecule has 0 aromatic heterocycles. The fraction of sp³-hybridized carbons (Fsp3) is 0.188. The summed E-state index contributed by atoms with van der Waals surface area (Å²) in [4.78, 5) is 0.0270. The van der Waals surface area contributed by atoms with Gasteiger partial charge < -0.3 is 5.32 Å². The lowest BCUT2D eigenvalue weighted by atomic mass is 10.1. The zero-order valence-electron chi connectivity index (χ0n) is 12.4. The minimum Gasteiger partial charge on any atom is -0.366 e. The van der Waals surface area contributed by atoms with Crippen LogP contribution in [0.15, 0.2) is 47.4 Å². The Morgan fingerprint density at radius 2 is 1.73 bits per heavy atom. The van der Waals surface area contributed by atoms with E-state index in [1.165, 1.54) is 17.7 Å². The van der Waals surface area contributed by atoms with E-state index < -0.39 is 16.1 Å². The van der Waals surface area contributed by atoms with Crippen molar-refractivity contribution in [2.45, 2.75) is 24.8 Å². The third-order valence-electron chi connectivity index (χ3n) is 3.49. The number of hydrogen-bond donors (Lipinski definition) is 2. The van der Waals surface area contributed by atoms with Crippen molar-refractivity contribution in [3.63, 3.8) is 0 Å². The van der Waals surface area contributed by atoms with Crippen LogP contribution in [0.2, 0.25) is 0 Å². The van der Waals surface area contributed by atoms with E-state index in [1.807, 2.05) is 32.0 Å². The number of aryl methyl sites for hydroxylation is 2. The molecule has 0 saturated heterocycles. The summed E-state index contributed by atoms with van der Waals surface area (Å²) in [5, 5.41) is 17.5. The predicted molar refractivity (Wildman–Crippen MR) is 85.7 cm³/mol. The number of rotatable bonds is 4. The van der Waals surface area contributed by atoms with E-state index in [-0.39, 0.29) is 4.90 Å². The van der Waals surface area contributed by atoms with Gasteiger partial charge >= 0.3 is 0 Å². The zero-order valence-corrected chi connectivity index (χ0v) is 13.2. The maximum absolute atomic E-state index is 11.2. The van der Waals surface area contributed by atoms with Crippen molar-refractivity contribution in [1.29, 1.82) is 5.26 Å². The molecule has 6 heteroatoms. The van der Waals surface area contributed by atoms with Gasteiger partial charge in [-0.05, 0) is 54.8 Å². The molecule has 0 fully saturated rings. The minimum atomic E-state index is -3.72. The molecule has 1 atom stereocenters. The molecule has 22 heavy (non-hydrogen) atoms. The van der Waals surface area contributed by atoms with Gasteiger partial charge in [-0.2, -0.15) is 5.26 Å². The van der Waals surface area contributed by atoms with Crippen LogP contribution < -0.4 is 10.5 Å². The quantitative estimate of drug-likeness (QED) is 0.906. The highest BCUT2D eigenvalue weighted by atomic mass is 32.2. The monoisotopic (exact) mass is 315 g/mol. The molecule has 0 aliphatic rings. The van der Waals surface area contributed by atoms with Gasteiger partial charge in [-0.1, -0.05) is 18.2 Å². The van der Waals surface area contributed by atoms with Gasteiger partial charge in [0.05, 0.1) is 11.0 Å². The van der Waals surface area contributed by atoms with Crippen LogP contribution in [0.25, 0.3) is 0 Å². The van der Waals surface area contributed by atoms with Crippen molar-refractivity contribution in [3.05, 3.63) is 59.2 Å². The Hall–Kier alpha value is -2.36. The summed E-state index contributed by atoms with van der Waals surface area (Å²) in [5.41, 5.74) is 3.82. The smallest absolute Gasteiger partial charge is 0.238 e. The van der Waals surface area contributed by atoms with Gasteiger partial charge in [-0.25, -0.2) is 13.6 Å².